The number of carbonyl (C=O) groups is 3. The van der Waals surface area contributed by atoms with Gasteiger partial charge >= 0.3 is 0 Å². The number of anilines is 1. The second kappa shape index (κ2) is 9.03. The lowest BCUT2D eigenvalue weighted by Crippen LogP contribution is -2.44. The molecule has 0 N–H and O–H groups in total. The molecule has 0 bridgehead atoms. The summed E-state index contributed by atoms with van der Waals surface area (Å²) < 4.78 is 0. The van der Waals surface area contributed by atoms with Crippen molar-refractivity contribution in [3.63, 3.8) is 0 Å². The van der Waals surface area contributed by atoms with Gasteiger partial charge in [-0.15, -0.1) is 0 Å². The zero-order chi connectivity index (χ0) is 19.3. The second-order valence-electron chi connectivity index (χ2n) is 6.60. The predicted octanol–water partition coefficient (Wildman–Crippen LogP) is 2.76. The molecule has 1 heterocycles. The third-order valence-electron chi connectivity index (χ3n) is 4.58. The molecule has 0 unspecified atom stereocenters. The maximum Gasteiger partial charge on any atom is 0.248 e. The Labute approximate surface area is 159 Å². The van der Waals surface area contributed by atoms with Gasteiger partial charge < -0.3 is 9.80 Å². The first-order valence-corrected chi connectivity index (χ1v) is 9.37. The van der Waals surface area contributed by atoms with Crippen LogP contribution in [-0.4, -0.2) is 53.8 Å². The number of amides is 3. The van der Waals surface area contributed by atoms with Gasteiger partial charge in [0.1, 0.15) is 13.2 Å². The molecule has 7 heteroatoms. The molecule has 1 aliphatic rings. The molecule has 0 radical (unpaired) electrons. The Bertz CT molecular complexity index is 680. The van der Waals surface area contributed by atoms with Crippen molar-refractivity contribution in [3.8, 4) is 0 Å². The van der Waals surface area contributed by atoms with E-state index >= 15 is 0 Å². The van der Waals surface area contributed by atoms with Crippen LogP contribution in [0.5, 0.6) is 0 Å². The molecule has 3 amide bonds. The normalized spacial score (nSPS) is 15.3. The average Bonchev–Trinajstić information content (AvgIpc) is 3.02. The molecule has 1 saturated heterocycles. The summed E-state index contributed by atoms with van der Waals surface area (Å²) in [7, 11) is 0. The zero-order valence-electron chi connectivity index (χ0n) is 15.6. The van der Waals surface area contributed by atoms with E-state index in [0.717, 1.165) is 12.8 Å². The highest BCUT2D eigenvalue weighted by molar-refractivity contribution is 6.31. The van der Waals surface area contributed by atoms with E-state index in [2.05, 4.69) is 0 Å². The fourth-order valence-electron chi connectivity index (χ4n) is 2.87. The van der Waals surface area contributed by atoms with Crippen LogP contribution in [-0.2, 0) is 14.4 Å². The summed E-state index contributed by atoms with van der Waals surface area (Å²) in [6.07, 6.45) is 1.51. The van der Waals surface area contributed by atoms with Gasteiger partial charge in [0.25, 0.3) is 0 Å². The first-order chi connectivity index (χ1) is 12.4. The van der Waals surface area contributed by atoms with Crippen LogP contribution >= 0.6 is 11.6 Å². The fourth-order valence-corrected chi connectivity index (χ4v) is 3.06. The monoisotopic (exact) mass is 379 g/mol. The van der Waals surface area contributed by atoms with E-state index < -0.39 is 0 Å². The number of hydrogen-bond donors (Lipinski definition) is 0. The maximum atomic E-state index is 12.7. The van der Waals surface area contributed by atoms with Gasteiger partial charge in [-0.2, -0.15) is 0 Å². The molecule has 26 heavy (non-hydrogen) atoms. The van der Waals surface area contributed by atoms with E-state index in [1.807, 2.05) is 20.8 Å². The van der Waals surface area contributed by atoms with Gasteiger partial charge in [-0.05, 0) is 31.0 Å². The van der Waals surface area contributed by atoms with Crippen molar-refractivity contribution in [1.82, 2.24) is 9.80 Å². The SMILES string of the molecule is CCCN(CC(=O)N1CC(=O)N(c2cccc(Cl)c2)C1)C(=O)[C@@H](C)CC. The minimum Gasteiger partial charge on any atom is -0.333 e. The first kappa shape index (κ1) is 20.2. The summed E-state index contributed by atoms with van der Waals surface area (Å²) in [6, 6.07) is 6.98. The smallest absolute Gasteiger partial charge is 0.248 e. The minimum atomic E-state index is -0.215. The summed E-state index contributed by atoms with van der Waals surface area (Å²) in [5.41, 5.74) is 0.666. The lowest BCUT2D eigenvalue weighted by molar-refractivity contribution is -0.142. The summed E-state index contributed by atoms with van der Waals surface area (Å²) in [4.78, 5) is 42.1. The maximum absolute atomic E-state index is 12.7. The molecule has 0 aliphatic carbocycles. The van der Waals surface area contributed by atoms with Crippen LogP contribution in [0.3, 0.4) is 0 Å². The second-order valence-corrected chi connectivity index (χ2v) is 7.04. The molecule has 2 rings (SSSR count). The van der Waals surface area contributed by atoms with E-state index in [4.69, 9.17) is 11.6 Å². The number of carbonyl (C=O) groups excluding carboxylic acids is 3. The Morgan fingerprint density at radius 2 is 2.04 bits per heavy atom. The molecule has 0 spiro atoms. The van der Waals surface area contributed by atoms with Crippen LogP contribution in [0, 0.1) is 5.92 Å². The van der Waals surface area contributed by atoms with Gasteiger partial charge in [-0.1, -0.05) is 38.4 Å². The topological polar surface area (TPSA) is 60.9 Å². The Balaban J connectivity index is 2.05. The first-order valence-electron chi connectivity index (χ1n) is 8.99. The number of rotatable bonds is 7. The molecular weight excluding hydrogens is 354 g/mol. The molecule has 1 aromatic rings. The van der Waals surface area contributed by atoms with Crippen molar-refractivity contribution >= 4 is 35.0 Å². The van der Waals surface area contributed by atoms with Crippen molar-refractivity contribution in [1.29, 1.82) is 0 Å². The molecule has 0 saturated carbocycles. The molecule has 1 atom stereocenters. The highest BCUT2D eigenvalue weighted by atomic mass is 35.5. The van der Waals surface area contributed by atoms with Gasteiger partial charge in [0.2, 0.25) is 17.7 Å². The highest BCUT2D eigenvalue weighted by Gasteiger charge is 2.33. The Hall–Kier alpha value is -2.08. The Morgan fingerprint density at radius 3 is 2.65 bits per heavy atom. The largest absolute Gasteiger partial charge is 0.333 e. The van der Waals surface area contributed by atoms with E-state index in [1.165, 1.54) is 9.80 Å². The molecule has 1 aromatic carbocycles. The van der Waals surface area contributed by atoms with Gasteiger partial charge in [0.05, 0.1) is 6.54 Å². The molecule has 142 valence electrons. The van der Waals surface area contributed by atoms with Gasteiger partial charge in [-0.3, -0.25) is 19.3 Å². The third kappa shape index (κ3) is 4.75. The van der Waals surface area contributed by atoms with Crippen LogP contribution in [0.2, 0.25) is 5.02 Å². The molecule has 1 fully saturated rings. The number of hydrogen-bond acceptors (Lipinski definition) is 3. The number of halogens is 1. The number of nitrogens with zero attached hydrogens (tertiary/aromatic N) is 3. The highest BCUT2D eigenvalue weighted by Crippen LogP contribution is 2.23. The van der Waals surface area contributed by atoms with Gasteiger partial charge in [0.15, 0.2) is 0 Å². The van der Waals surface area contributed by atoms with Gasteiger partial charge in [0, 0.05) is 23.2 Å². The zero-order valence-corrected chi connectivity index (χ0v) is 16.3. The summed E-state index contributed by atoms with van der Waals surface area (Å²) in [6.45, 7) is 6.54. The summed E-state index contributed by atoms with van der Waals surface area (Å²) in [5, 5.41) is 0.536. The van der Waals surface area contributed by atoms with Crippen molar-refractivity contribution in [2.45, 2.75) is 33.6 Å². The summed E-state index contributed by atoms with van der Waals surface area (Å²) >= 11 is 5.99. The van der Waals surface area contributed by atoms with Gasteiger partial charge in [-0.25, -0.2) is 0 Å². The Kier molecular flexibility index (Phi) is 7.03. The van der Waals surface area contributed by atoms with Crippen molar-refractivity contribution in [2.75, 3.05) is 31.2 Å². The van der Waals surface area contributed by atoms with E-state index in [9.17, 15) is 14.4 Å². The van der Waals surface area contributed by atoms with E-state index in [0.29, 0.717) is 17.3 Å². The molecule has 0 aromatic heterocycles. The lowest BCUT2D eigenvalue weighted by Gasteiger charge is -2.26. The quantitative estimate of drug-likeness (QED) is 0.731. The average molecular weight is 380 g/mol. The Morgan fingerprint density at radius 1 is 1.31 bits per heavy atom. The predicted molar refractivity (Wildman–Crippen MR) is 102 cm³/mol. The van der Waals surface area contributed by atoms with Crippen molar-refractivity contribution in [3.05, 3.63) is 29.3 Å². The molecule has 1 aliphatic heterocycles. The standard InChI is InChI=1S/C19H26ClN3O3/c1-4-9-21(19(26)14(3)5-2)11-17(24)22-12-18(25)23(13-22)16-8-6-7-15(20)10-16/h6-8,10,14H,4-5,9,11-13H2,1-3H3/t14-/m0/s1. The van der Waals surface area contributed by atoms with Crippen molar-refractivity contribution in [2.24, 2.45) is 5.92 Å². The number of benzene rings is 1. The van der Waals surface area contributed by atoms with E-state index in [-0.39, 0.29) is 43.4 Å². The van der Waals surface area contributed by atoms with Crippen LogP contribution in [0.25, 0.3) is 0 Å². The molecular formula is C19H26ClN3O3. The lowest BCUT2D eigenvalue weighted by atomic mass is 10.1. The van der Waals surface area contributed by atoms with Crippen LogP contribution in [0.1, 0.15) is 33.6 Å². The fraction of sp³-hybridized carbons (Fsp3) is 0.526. The van der Waals surface area contributed by atoms with Crippen molar-refractivity contribution < 1.29 is 14.4 Å². The third-order valence-corrected chi connectivity index (χ3v) is 4.81. The van der Waals surface area contributed by atoms with Crippen LogP contribution in [0.15, 0.2) is 24.3 Å². The van der Waals surface area contributed by atoms with Crippen LogP contribution < -0.4 is 4.90 Å². The van der Waals surface area contributed by atoms with E-state index in [1.54, 1.807) is 29.2 Å². The summed E-state index contributed by atoms with van der Waals surface area (Å²) in [5.74, 6) is -0.499. The minimum absolute atomic E-state index is 0.00762. The van der Waals surface area contributed by atoms with Crippen LogP contribution in [0.4, 0.5) is 5.69 Å². The molecule has 6 nitrogen and oxygen atoms in total.